The summed E-state index contributed by atoms with van der Waals surface area (Å²) < 4.78 is 1.82. The molecule has 0 aliphatic carbocycles. The summed E-state index contributed by atoms with van der Waals surface area (Å²) in [5, 5.41) is 15.8. The van der Waals surface area contributed by atoms with Crippen LogP contribution in [0.25, 0.3) is 10.5 Å². The van der Waals surface area contributed by atoms with E-state index in [2.05, 4.69) is 9.94 Å². The van der Waals surface area contributed by atoms with Gasteiger partial charge in [-0.2, -0.15) is 5.10 Å². The molecule has 0 amide bonds. The molecule has 0 aliphatic rings. The molecule has 1 unspecified atom stereocenters. The Morgan fingerprint density at radius 1 is 1.04 bits per heavy atom. The van der Waals surface area contributed by atoms with E-state index >= 15 is 0 Å². The van der Waals surface area contributed by atoms with E-state index < -0.39 is 5.60 Å². The van der Waals surface area contributed by atoms with Crippen molar-refractivity contribution in [2.45, 2.75) is 26.4 Å². The van der Waals surface area contributed by atoms with Gasteiger partial charge in [-0.15, -0.1) is 0 Å². The molecular formula is C20H19N3O. The van der Waals surface area contributed by atoms with Gasteiger partial charge in [0.1, 0.15) is 5.60 Å². The minimum Gasteiger partial charge on any atom is -0.381 e. The van der Waals surface area contributed by atoms with Gasteiger partial charge in [0.25, 0.3) is 0 Å². The quantitative estimate of drug-likeness (QED) is 0.732. The van der Waals surface area contributed by atoms with Crippen LogP contribution < -0.4 is 0 Å². The van der Waals surface area contributed by atoms with Crippen LogP contribution in [0.1, 0.15) is 29.4 Å². The lowest BCUT2D eigenvalue weighted by Gasteiger charge is -2.25. The highest BCUT2D eigenvalue weighted by atomic mass is 16.3. The summed E-state index contributed by atoms with van der Waals surface area (Å²) in [6.07, 6.45) is 0. The lowest BCUT2D eigenvalue weighted by Crippen LogP contribution is -2.24. The maximum Gasteiger partial charge on any atom is 0.187 e. The van der Waals surface area contributed by atoms with E-state index in [0.29, 0.717) is 5.69 Å². The maximum absolute atomic E-state index is 11.2. The van der Waals surface area contributed by atoms with Gasteiger partial charge in [0.2, 0.25) is 0 Å². The third-order valence-electron chi connectivity index (χ3n) is 4.34. The lowest BCUT2D eigenvalue weighted by atomic mass is 9.87. The first-order valence-corrected chi connectivity index (χ1v) is 7.77. The van der Waals surface area contributed by atoms with Crippen LogP contribution in [0.15, 0.2) is 54.6 Å². The topological polar surface area (TPSA) is 42.4 Å². The van der Waals surface area contributed by atoms with E-state index in [1.54, 1.807) is 19.1 Å². The minimum atomic E-state index is -1.12. The lowest BCUT2D eigenvalue weighted by molar-refractivity contribution is 0.101. The highest BCUT2D eigenvalue weighted by molar-refractivity contribution is 5.51. The van der Waals surface area contributed by atoms with Gasteiger partial charge >= 0.3 is 0 Å². The van der Waals surface area contributed by atoms with Crippen LogP contribution in [0.3, 0.4) is 0 Å². The van der Waals surface area contributed by atoms with E-state index in [-0.39, 0.29) is 0 Å². The summed E-state index contributed by atoms with van der Waals surface area (Å²) in [6, 6.07) is 16.9. The van der Waals surface area contributed by atoms with Gasteiger partial charge in [-0.05, 0) is 38.5 Å². The molecule has 4 heteroatoms. The Bertz CT molecular complexity index is 901. The van der Waals surface area contributed by atoms with Crippen molar-refractivity contribution >= 4 is 5.69 Å². The van der Waals surface area contributed by atoms with E-state index in [1.807, 2.05) is 61.0 Å². The van der Waals surface area contributed by atoms with Gasteiger partial charge < -0.3 is 5.11 Å². The first kappa shape index (κ1) is 16.0. The summed E-state index contributed by atoms with van der Waals surface area (Å²) in [7, 11) is 0. The van der Waals surface area contributed by atoms with Crippen molar-refractivity contribution in [1.82, 2.24) is 9.78 Å². The van der Waals surface area contributed by atoms with E-state index in [0.717, 1.165) is 28.2 Å². The largest absolute Gasteiger partial charge is 0.381 e. The van der Waals surface area contributed by atoms with Crippen molar-refractivity contribution in [1.29, 1.82) is 0 Å². The Kier molecular flexibility index (Phi) is 3.96. The second kappa shape index (κ2) is 5.95. The summed E-state index contributed by atoms with van der Waals surface area (Å²) in [5.41, 5.74) is 3.66. The summed E-state index contributed by atoms with van der Waals surface area (Å²) in [5.74, 6) is 0. The Balaban J connectivity index is 2.11. The average Bonchev–Trinajstić information content (AvgIpc) is 2.91. The number of rotatable bonds is 3. The molecule has 1 heterocycles. The van der Waals surface area contributed by atoms with Gasteiger partial charge in [0.15, 0.2) is 5.69 Å². The maximum atomic E-state index is 11.2. The van der Waals surface area contributed by atoms with Crippen LogP contribution in [0, 0.1) is 20.4 Å². The normalized spacial score (nSPS) is 13.3. The number of nitrogens with zero attached hydrogens (tertiary/aromatic N) is 3. The van der Waals surface area contributed by atoms with Crippen LogP contribution in [0.4, 0.5) is 5.69 Å². The predicted molar refractivity (Wildman–Crippen MR) is 94.4 cm³/mol. The number of aromatic nitrogens is 2. The van der Waals surface area contributed by atoms with E-state index in [1.165, 1.54) is 0 Å². The van der Waals surface area contributed by atoms with Crippen molar-refractivity contribution < 1.29 is 5.11 Å². The molecule has 0 saturated carbocycles. The summed E-state index contributed by atoms with van der Waals surface area (Å²) >= 11 is 0. The molecule has 24 heavy (non-hydrogen) atoms. The number of aryl methyl sites for hydroxylation is 1. The van der Waals surface area contributed by atoms with Crippen LogP contribution in [0.5, 0.6) is 0 Å². The number of aliphatic hydroxyl groups is 1. The fraction of sp³-hybridized carbons (Fsp3) is 0.200. The Hall–Kier alpha value is -2.90. The van der Waals surface area contributed by atoms with Crippen LogP contribution in [-0.4, -0.2) is 14.9 Å². The van der Waals surface area contributed by atoms with Crippen molar-refractivity contribution in [3.63, 3.8) is 0 Å². The predicted octanol–water partition coefficient (Wildman–Crippen LogP) is 4.30. The molecule has 0 saturated heterocycles. The zero-order chi connectivity index (χ0) is 17.3. The molecular weight excluding hydrogens is 298 g/mol. The standard InChI is InChI=1S/C20H19N3O/c1-14-19(20(3,24)16-8-6-5-7-9-16)15(2)23(22-14)18-12-10-17(21-4)11-13-18/h5-13,24H,1-3H3. The first-order chi connectivity index (χ1) is 11.4. The van der Waals surface area contributed by atoms with Gasteiger partial charge in [-0.25, -0.2) is 9.53 Å². The number of hydrogen-bond acceptors (Lipinski definition) is 2. The van der Waals surface area contributed by atoms with E-state index in [4.69, 9.17) is 6.57 Å². The third kappa shape index (κ3) is 2.60. The highest BCUT2D eigenvalue weighted by Gasteiger charge is 2.32. The third-order valence-corrected chi connectivity index (χ3v) is 4.34. The average molecular weight is 317 g/mol. The van der Waals surface area contributed by atoms with Crippen molar-refractivity contribution in [2.75, 3.05) is 0 Å². The molecule has 0 bridgehead atoms. The fourth-order valence-electron chi connectivity index (χ4n) is 3.17. The molecule has 0 radical (unpaired) electrons. The van der Waals surface area contributed by atoms with Crippen molar-refractivity contribution in [2.24, 2.45) is 0 Å². The SMILES string of the molecule is [C-]#[N+]c1ccc(-n2nc(C)c(C(C)(O)c3ccccc3)c2C)cc1. The molecule has 4 nitrogen and oxygen atoms in total. The van der Waals surface area contributed by atoms with Crippen LogP contribution in [-0.2, 0) is 5.60 Å². The monoisotopic (exact) mass is 317 g/mol. The Labute approximate surface area is 141 Å². The number of benzene rings is 2. The summed E-state index contributed by atoms with van der Waals surface area (Å²) in [4.78, 5) is 3.41. The van der Waals surface area contributed by atoms with Gasteiger partial charge in [0.05, 0.1) is 18.0 Å². The zero-order valence-corrected chi connectivity index (χ0v) is 14.0. The first-order valence-electron chi connectivity index (χ1n) is 7.77. The van der Waals surface area contributed by atoms with Crippen molar-refractivity contribution in [3.05, 3.63) is 88.5 Å². The molecule has 0 aliphatic heterocycles. The zero-order valence-electron chi connectivity index (χ0n) is 14.0. The van der Waals surface area contributed by atoms with Gasteiger partial charge in [0, 0.05) is 11.3 Å². The molecule has 3 rings (SSSR count). The van der Waals surface area contributed by atoms with Crippen molar-refractivity contribution in [3.8, 4) is 5.69 Å². The molecule has 2 aromatic carbocycles. The smallest absolute Gasteiger partial charge is 0.187 e. The summed E-state index contributed by atoms with van der Waals surface area (Å²) in [6.45, 7) is 12.7. The fourth-order valence-corrected chi connectivity index (χ4v) is 3.17. The van der Waals surface area contributed by atoms with Crippen LogP contribution >= 0.6 is 0 Å². The molecule has 120 valence electrons. The minimum absolute atomic E-state index is 0.594. The van der Waals surface area contributed by atoms with E-state index in [9.17, 15) is 5.11 Å². The Morgan fingerprint density at radius 3 is 2.25 bits per heavy atom. The second-order valence-electron chi connectivity index (χ2n) is 6.02. The second-order valence-corrected chi connectivity index (χ2v) is 6.02. The van der Waals surface area contributed by atoms with Gasteiger partial charge in [-0.1, -0.05) is 42.5 Å². The molecule has 3 aromatic rings. The highest BCUT2D eigenvalue weighted by Crippen LogP contribution is 2.34. The molecule has 1 N–H and O–H groups in total. The van der Waals surface area contributed by atoms with Crippen LogP contribution in [0.2, 0.25) is 0 Å². The Morgan fingerprint density at radius 2 is 1.67 bits per heavy atom. The van der Waals surface area contributed by atoms with Gasteiger partial charge in [-0.3, -0.25) is 0 Å². The molecule has 0 spiro atoms. The molecule has 1 atom stereocenters. The molecule has 0 fully saturated rings. The molecule has 1 aromatic heterocycles. The number of hydrogen-bond donors (Lipinski definition) is 1.